The Hall–Kier alpha value is -0.810. The van der Waals surface area contributed by atoms with Crippen LogP contribution < -0.4 is 0 Å². The number of hydrogen-bond acceptors (Lipinski definition) is 2. The number of ether oxygens (including phenoxy) is 1. The van der Waals surface area contributed by atoms with Gasteiger partial charge in [0.2, 0.25) is 0 Å². The second-order valence-corrected chi connectivity index (χ2v) is 1.90. The predicted octanol–water partition coefficient (Wildman–Crippen LogP) is 1.01. The molecule has 0 amide bonds. The highest BCUT2D eigenvalue weighted by Crippen LogP contribution is 1.75. The van der Waals surface area contributed by atoms with Crippen LogP contribution in [0.5, 0.6) is 0 Å². The van der Waals surface area contributed by atoms with Gasteiger partial charge in [-0.25, -0.2) is 0 Å². The van der Waals surface area contributed by atoms with Crippen molar-refractivity contribution in [1.29, 1.82) is 0 Å². The maximum absolute atomic E-state index is 10.3. The molecule has 2 nitrogen and oxygen atoms in total. The minimum Gasteiger partial charge on any atom is -0.361 e. The van der Waals surface area contributed by atoms with Gasteiger partial charge < -0.3 is 4.74 Å². The molecule has 0 saturated heterocycles. The molecule has 0 spiro atoms. The van der Waals surface area contributed by atoms with E-state index in [-0.39, 0.29) is 12.4 Å². The summed E-state index contributed by atoms with van der Waals surface area (Å²) < 4.78 is 4.87. The minimum absolute atomic E-state index is 0.0401. The van der Waals surface area contributed by atoms with Gasteiger partial charge in [0.1, 0.15) is 13.2 Å². The molecule has 10 heavy (non-hydrogen) atoms. The average molecular weight is 140 g/mol. The van der Waals surface area contributed by atoms with Gasteiger partial charge in [0.15, 0.2) is 5.78 Å². The van der Waals surface area contributed by atoms with Gasteiger partial charge >= 0.3 is 0 Å². The molecule has 0 rings (SSSR count). The summed E-state index contributed by atoms with van der Waals surface area (Å²) >= 11 is 0. The monoisotopic (exact) mass is 140 g/mol. The topological polar surface area (TPSA) is 26.3 Å². The summed E-state index contributed by atoms with van der Waals surface area (Å²) in [6, 6.07) is 0. The van der Waals surface area contributed by atoms with E-state index in [1.54, 1.807) is 0 Å². The molecular weight excluding hydrogens is 128 g/mol. The fourth-order valence-corrected chi connectivity index (χ4v) is 0.422. The van der Waals surface area contributed by atoms with Crippen LogP contribution in [0.4, 0.5) is 0 Å². The van der Waals surface area contributed by atoms with E-state index >= 15 is 0 Å². The van der Waals surface area contributed by atoms with E-state index in [1.807, 2.05) is 6.92 Å². The highest BCUT2D eigenvalue weighted by molar-refractivity contribution is 5.76. The van der Waals surface area contributed by atoms with E-state index in [2.05, 4.69) is 11.8 Å². The highest BCUT2D eigenvalue weighted by Gasteiger charge is 1.88. The third-order valence-corrected chi connectivity index (χ3v) is 0.781. The molecule has 0 aliphatic heterocycles. The Morgan fingerprint density at radius 2 is 2.20 bits per heavy atom. The van der Waals surface area contributed by atoms with Gasteiger partial charge in [-0.05, 0) is 6.92 Å². The van der Waals surface area contributed by atoms with E-state index in [0.717, 1.165) is 6.42 Å². The van der Waals surface area contributed by atoms with Gasteiger partial charge in [-0.3, -0.25) is 4.79 Å². The van der Waals surface area contributed by atoms with Crippen molar-refractivity contribution in [2.45, 2.75) is 20.3 Å². The van der Waals surface area contributed by atoms with Crippen LogP contribution in [-0.2, 0) is 9.53 Å². The first-order valence-electron chi connectivity index (χ1n) is 3.30. The van der Waals surface area contributed by atoms with Gasteiger partial charge in [0.25, 0.3) is 0 Å². The summed E-state index contributed by atoms with van der Waals surface area (Å²) in [5.41, 5.74) is 0. The first-order chi connectivity index (χ1) is 4.77. The summed E-state index contributed by atoms with van der Waals surface area (Å²) in [5.74, 6) is 5.64. The summed E-state index contributed by atoms with van der Waals surface area (Å²) in [6.07, 6.45) is 0.837. The highest BCUT2D eigenvalue weighted by atomic mass is 16.5. The number of rotatable bonds is 3. The molecule has 0 atom stereocenters. The molecule has 0 bridgehead atoms. The van der Waals surface area contributed by atoms with E-state index in [0.29, 0.717) is 6.61 Å². The molecule has 0 unspecified atom stereocenters. The molecule has 0 aliphatic carbocycles. The maximum Gasteiger partial charge on any atom is 0.155 e. The second-order valence-electron chi connectivity index (χ2n) is 1.90. The zero-order valence-corrected chi connectivity index (χ0v) is 6.44. The van der Waals surface area contributed by atoms with Crippen molar-refractivity contribution < 1.29 is 9.53 Å². The van der Waals surface area contributed by atoms with Crippen molar-refractivity contribution in [3.05, 3.63) is 0 Å². The third kappa shape index (κ3) is 7.19. The Balaban J connectivity index is 3.13. The van der Waals surface area contributed by atoms with E-state index in [1.165, 1.54) is 6.92 Å². The van der Waals surface area contributed by atoms with Crippen LogP contribution in [0.2, 0.25) is 0 Å². The van der Waals surface area contributed by atoms with Gasteiger partial charge in [-0.15, -0.1) is 5.92 Å². The predicted molar refractivity (Wildman–Crippen MR) is 39.6 cm³/mol. The summed E-state index contributed by atoms with van der Waals surface area (Å²) in [4.78, 5) is 10.3. The smallest absolute Gasteiger partial charge is 0.155 e. The third-order valence-electron chi connectivity index (χ3n) is 0.781. The van der Waals surface area contributed by atoms with Crippen LogP contribution in [-0.4, -0.2) is 19.0 Å². The molecule has 0 aromatic rings. The molecule has 0 saturated carbocycles. The van der Waals surface area contributed by atoms with Crippen molar-refractivity contribution in [3.63, 3.8) is 0 Å². The maximum atomic E-state index is 10.3. The lowest BCUT2D eigenvalue weighted by molar-refractivity contribution is -0.120. The Kier molecular flexibility index (Phi) is 5.80. The molecule has 0 N–H and O–H groups in total. The van der Waals surface area contributed by atoms with Gasteiger partial charge in [-0.1, -0.05) is 12.8 Å². The summed E-state index contributed by atoms with van der Waals surface area (Å²) in [7, 11) is 0. The van der Waals surface area contributed by atoms with Crippen LogP contribution in [0, 0.1) is 11.8 Å². The van der Waals surface area contributed by atoms with E-state index in [4.69, 9.17) is 4.74 Å². The molecule has 0 radical (unpaired) electrons. The van der Waals surface area contributed by atoms with Crippen molar-refractivity contribution in [2.24, 2.45) is 0 Å². The van der Waals surface area contributed by atoms with Gasteiger partial charge in [0, 0.05) is 6.42 Å². The first-order valence-corrected chi connectivity index (χ1v) is 3.30. The lowest BCUT2D eigenvalue weighted by atomic mass is 10.5. The Morgan fingerprint density at radius 1 is 1.50 bits per heavy atom. The van der Waals surface area contributed by atoms with Crippen LogP contribution >= 0.6 is 0 Å². The average Bonchev–Trinajstić information content (AvgIpc) is 1.87. The number of Topliss-reactive ketones (excluding diaryl/α,β-unsaturated/α-hetero) is 1. The largest absolute Gasteiger partial charge is 0.361 e. The standard InChI is InChI=1S/C8H12O2/c1-3-4-5-6-10-7-8(2)9/h3,6-7H2,1-2H3. The van der Waals surface area contributed by atoms with E-state index in [9.17, 15) is 4.79 Å². The molecule has 0 aromatic carbocycles. The summed E-state index contributed by atoms with van der Waals surface area (Å²) in [6.45, 7) is 4.01. The van der Waals surface area contributed by atoms with E-state index < -0.39 is 0 Å². The summed E-state index contributed by atoms with van der Waals surface area (Å²) in [5, 5.41) is 0. The molecule has 2 heteroatoms. The minimum atomic E-state index is 0.0401. The van der Waals surface area contributed by atoms with Crippen molar-refractivity contribution in [1.82, 2.24) is 0 Å². The molecule has 0 aromatic heterocycles. The Labute approximate surface area is 61.6 Å². The quantitative estimate of drug-likeness (QED) is 0.432. The normalized spacial score (nSPS) is 8.20. The Bertz CT molecular complexity index is 150. The van der Waals surface area contributed by atoms with Gasteiger partial charge in [0.05, 0.1) is 0 Å². The van der Waals surface area contributed by atoms with Crippen LogP contribution in [0.25, 0.3) is 0 Å². The molecule has 56 valence electrons. The van der Waals surface area contributed by atoms with Crippen LogP contribution in [0.1, 0.15) is 20.3 Å². The van der Waals surface area contributed by atoms with Crippen molar-refractivity contribution in [2.75, 3.05) is 13.2 Å². The number of ketones is 1. The first kappa shape index (κ1) is 9.19. The number of hydrogen-bond donors (Lipinski definition) is 0. The lowest BCUT2D eigenvalue weighted by Crippen LogP contribution is -2.03. The number of carbonyl (C=O) groups is 1. The molecule has 0 fully saturated rings. The van der Waals surface area contributed by atoms with Gasteiger partial charge in [-0.2, -0.15) is 0 Å². The lowest BCUT2D eigenvalue weighted by Gasteiger charge is -1.91. The Morgan fingerprint density at radius 3 is 2.70 bits per heavy atom. The molecular formula is C8H12O2. The SMILES string of the molecule is CCC#CCOCC(C)=O. The zero-order valence-electron chi connectivity index (χ0n) is 6.44. The fraction of sp³-hybridized carbons (Fsp3) is 0.625. The number of carbonyl (C=O) groups excluding carboxylic acids is 1. The van der Waals surface area contributed by atoms with Crippen LogP contribution in [0.3, 0.4) is 0 Å². The van der Waals surface area contributed by atoms with Crippen LogP contribution in [0.15, 0.2) is 0 Å². The molecule has 0 aliphatic rings. The molecule has 0 heterocycles. The zero-order chi connectivity index (χ0) is 7.82. The fourth-order valence-electron chi connectivity index (χ4n) is 0.422. The second kappa shape index (κ2) is 6.31. The van der Waals surface area contributed by atoms with Crippen molar-refractivity contribution >= 4 is 5.78 Å². The van der Waals surface area contributed by atoms with Crippen molar-refractivity contribution in [3.8, 4) is 11.8 Å².